The van der Waals surface area contributed by atoms with Crippen molar-refractivity contribution in [2.75, 3.05) is 23.8 Å². The number of aromatic nitrogens is 2. The maximum absolute atomic E-state index is 13.5. The molecule has 9 heteroatoms. The van der Waals surface area contributed by atoms with E-state index in [1.54, 1.807) is 23.7 Å². The first-order chi connectivity index (χ1) is 17.1. The summed E-state index contributed by atoms with van der Waals surface area (Å²) in [7, 11) is 0. The van der Waals surface area contributed by atoms with E-state index in [1.165, 1.54) is 28.8 Å². The molecule has 3 N–H and O–H groups in total. The Morgan fingerprint density at radius 3 is 2.86 bits per heavy atom. The van der Waals surface area contributed by atoms with E-state index in [-0.39, 0.29) is 5.82 Å². The first kappa shape index (κ1) is 22.1. The van der Waals surface area contributed by atoms with E-state index in [2.05, 4.69) is 20.6 Å². The second-order valence-corrected chi connectivity index (χ2v) is 9.83. The van der Waals surface area contributed by atoms with Gasteiger partial charge in [-0.15, -0.1) is 11.3 Å². The fourth-order valence-corrected chi connectivity index (χ4v) is 6.11. The van der Waals surface area contributed by atoms with Crippen LogP contribution in [0.3, 0.4) is 0 Å². The minimum atomic E-state index is -0.484. The summed E-state index contributed by atoms with van der Waals surface area (Å²) in [5.74, 6) is 0.0109. The highest BCUT2D eigenvalue weighted by molar-refractivity contribution is 7.19. The molecule has 1 saturated heterocycles. The fraction of sp³-hybridized carbons (Fsp3) is 0.269. The number of hydrogen-bond acceptors (Lipinski definition) is 8. The number of thiophene rings is 1. The molecule has 35 heavy (non-hydrogen) atoms. The largest absolute Gasteiger partial charge is 0.380 e. The molecule has 2 aromatic heterocycles. The summed E-state index contributed by atoms with van der Waals surface area (Å²) < 4.78 is 25.3. The number of nitrogens with zero attached hydrogens (tertiary/aromatic N) is 2. The van der Waals surface area contributed by atoms with Crippen LogP contribution in [0.15, 0.2) is 48.8 Å². The zero-order valence-corrected chi connectivity index (χ0v) is 19.8. The number of fused-ring (bicyclic) bond motifs is 3. The third-order valence-electron chi connectivity index (χ3n) is 6.51. The average molecular weight is 490 g/mol. The Kier molecular flexibility index (Phi) is 5.68. The molecule has 0 amide bonds. The first-order valence-electron chi connectivity index (χ1n) is 11.6. The molecule has 2 aromatic carbocycles. The van der Waals surface area contributed by atoms with E-state index in [9.17, 15) is 4.39 Å². The SMILES string of the molecule is N=Cc1cc(Nc2ncnc3sc4c(c23)CCC2(C4)OCCO2)ccc1NCc1cccc(F)c1. The first-order valence-corrected chi connectivity index (χ1v) is 12.4. The van der Waals surface area contributed by atoms with Crippen molar-refractivity contribution >= 4 is 45.0 Å². The van der Waals surface area contributed by atoms with E-state index in [1.807, 2.05) is 24.3 Å². The summed E-state index contributed by atoms with van der Waals surface area (Å²) in [6.45, 7) is 1.76. The quantitative estimate of drug-likeness (QED) is 0.314. The van der Waals surface area contributed by atoms with Gasteiger partial charge in [-0.25, -0.2) is 14.4 Å². The molecule has 1 aliphatic carbocycles. The molecule has 2 aliphatic rings. The number of anilines is 3. The van der Waals surface area contributed by atoms with Crippen molar-refractivity contribution in [3.05, 3.63) is 76.2 Å². The second-order valence-electron chi connectivity index (χ2n) is 8.75. The number of nitrogens with one attached hydrogen (secondary N) is 3. The molecule has 0 unspecified atom stereocenters. The lowest BCUT2D eigenvalue weighted by Gasteiger charge is -2.31. The topological polar surface area (TPSA) is 92.2 Å². The molecule has 4 aromatic rings. The van der Waals surface area contributed by atoms with Crippen molar-refractivity contribution in [1.29, 1.82) is 5.41 Å². The van der Waals surface area contributed by atoms with Crippen molar-refractivity contribution in [2.24, 2.45) is 0 Å². The monoisotopic (exact) mass is 489 g/mol. The molecular formula is C26H24FN5O2S. The molecule has 0 saturated carbocycles. The van der Waals surface area contributed by atoms with Crippen molar-refractivity contribution in [3.8, 4) is 0 Å². The van der Waals surface area contributed by atoms with Crippen LogP contribution in [0.5, 0.6) is 0 Å². The van der Waals surface area contributed by atoms with Crippen LogP contribution in [0.25, 0.3) is 10.2 Å². The van der Waals surface area contributed by atoms with Gasteiger partial charge in [-0.05, 0) is 47.9 Å². The van der Waals surface area contributed by atoms with E-state index >= 15 is 0 Å². The van der Waals surface area contributed by atoms with Crippen LogP contribution in [0.4, 0.5) is 21.6 Å². The van der Waals surface area contributed by atoms with Crippen molar-refractivity contribution in [2.45, 2.75) is 31.6 Å². The van der Waals surface area contributed by atoms with Crippen molar-refractivity contribution in [1.82, 2.24) is 9.97 Å². The molecule has 1 aliphatic heterocycles. The Bertz CT molecular complexity index is 1420. The molecule has 178 valence electrons. The minimum Gasteiger partial charge on any atom is -0.380 e. The second kappa shape index (κ2) is 8.99. The van der Waals surface area contributed by atoms with Crippen LogP contribution in [-0.4, -0.2) is 35.2 Å². The van der Waals surface area contributed by atoms with Crippen LogP contribution in [0, 0.1) is 11.2 Å². The average Bonchev–Trinajstić information content (AvgIpc) is 3.47. The lowest BCUT2D eigenvalue weighted by atomic mass is 9.92. The van der Waals surface area contributed by atoms with Crippen LogP contribution in [-0.2, 0) is 28.9 Å². The molecule has 3 heterocycles. The lowest BCUT2D eigenvalue weighted by molar-refractivity contribution is -0.163. The van der Waals surface area contributed by atoms with Gasteiger partial charge in [0, 0.05) is 47.4 Å². The standard InChI is InChI=1S/C26H24FN5O2S/c27-18-3-1-2-16(10-18)14-29-21-5-4-19(11-17(21)13-28)32-24-23-20-6-7-26(33-8-9-34-26)12-22(20)35-25(23)31-15-30-24/h1-5,10-11,13,15,28-29H,6-9,12,14H2,(H,30,31,32). The molecule has 0 radical (unpaired) electrons. The van der Waals surface area contributed by atoms with Gasteiger partial charge in [0.2, 0.25) is 0 Å². The Hall–Kier alpha value is -3.40. The van der Waals surface area contributed by atoms with Crippen LogP contribution in [0.1, 0.15) is 28.0 Å². The van der Waals surface area contributed by atoms with Gasteiger partial charge < -0.3 is 25.5 Å². The summed E-state index contributed by atoms with van der Waals surface area (Å²) in [6.07, 6.45) is 5.31. The number of ether oxygens (including phenoxy) is 2. The van der Waals surface area contributed by atoms with Crippen LogP contribution < -0.4 is 10.6 Å². The smallest absolute Gasteiger partial charge is 0.173 e. The van der Waals surface area contributed by atoms with E-state index in [0.717, 1.165) is 57.8 Å². The summed E-state index contributed by atoms with van der Waals surface area (Å²) in [5, 5.41) is 15.7. The zero-order chi connectivity index (χ0) is 23.8. The molecule has 1 fully saturated rings. The minimum absolute atomic E-state index is 0.263. The predicted molar refractivity (Wildman–Crippen MR) is 135 cm³/mol. The third kappa shape index (κ3) is 4.27. The summed E-state index contributed by atoms with van der Waals surface area (Å²) in [5.41, 5.74) is 4.45. The van der Waals surface area contributed by atoms with Crippen LogP contribution in [0.2, 0.25) is 0 Å². The Morgan fingerprint density at radius 2 is 2.03 bits per heavy atom. The Morgan fingerprint density at radius 1 is 1.14 bits per heavy atom. The fourth-order valence-electron chi connectivity index (χ4n) is 4.83. The highest BCUT2D eigenvalue weighted by Gasteiger charge is 2.41. The van der Waals surface area contributed by atoms with Gasteiger partial charge in [-0.2, -0.15) is 0 Å². The molecule has 0 bridgehead atoms. The number of halogens is 1. The number of hydrogen-bond donors (Lipinski definition) is 3. The molecular weight excluding hydrogens is 465 g/mol. The zero-order valence-electron chi connectivity index (χ0n) is 18.9. The van der Waals surface area contributed by atoms with E-state index in [0.29, 0.717) is 19.8 Å². The van der Waals surface area contributed by atoms with E-state index < -0.39 is 5.79 Å². The van der Waals surface area contributed by atoms with Gasteiger partial charge in [0.05, 0.1) is 18.6 Å². The van der Waals surface area contributed by atoms with Crippen molar-refractivity contribution < 1.29 is 13.9 Å². The maximum atomic E-state index is 13.5. The van der Waals surface area contributed by atoms with Gasteiger partial charge in [0.1, 0.15) is 22.8 Å². The van der Waals surface area contributed by atoms with Crippen LogP contribution >= 0.6 is 11.3 Å². The number of aryl methyl sites for hydroxylation is 1. The maximum Gasteiger partial charge on any atom is 0.173 e. The van der Waals surface area contributed by atoms with Gasteiger partial charge in [-0.3, -0.25) is 0 Å². The third-order valence-corrected chi connectivity index (χ3v) is 7.65. The molecule has 1 spiro atoms. The van der Waals surface area contributed by atoms with E-state index in [4.69, 9.17) is 14.9 Å². The van der Waals surface area contributed by atoms with Gasteiger partial charge in [-0.1, -0.05) is 12.1 Å². The summed E-state index contributed by atoms with van der Waals surface area (Å²) >= 11 is 1.68. The normalized spacial score (nSPS) is 16.4. The van der Waals surface area contributed by atoms with Crippen molar-refractivity contribution in [3.63, 3.8) is 0 Å². The van der Waals surface area contributed by atoms with Gasteiger partial charge in [0.15, 0.2) is 5.79 Å². The predicted octanol–water partition coefficient (Wildman–Crippen LogP) is 5.42. The Labute approximate surface area is 205 Å². The van der Waals surface area contributed by atoms with Gasteiger partial charge in [0.25, 0.3) is 0 Å². The highest BCUT2D eigenvalue weighted by Crippen LogP contribution is 2.44. The molecule has 7 nitrogen and oxygen atoms in total. The number of rotatable bonds is 6. The highest BCUT2D eigenvalue weighted by atomic mass is 32.1. The number of benzene rings is 2. The van der Waals surface area contributed by atoms with Gasteiger partial charge >= 0.3 is 0 Å². The summed E-state index contributed by atoms with van der Waals surface area (Å²) in [6, 6.07) is 12.3. The Balaban J connectivity index is 1.25. The lowest BCUT2D eigenvalue weighted by Crippen LogP contribution is -2.36. The molecule has 6 rings (SSSR count). The summed E-state index contributed by atoms with van der Waals surface area (Å²) in [4.78, 5) is 11.3. The molecule has 0 atom stereocenters.